The Bertz CT molecular complexity index is 995. The van der Waals surface area contributed by atoms with Gasteiger partial charge in [-0.25, -0.2) is 4.68 Å². The van der Waals surface area contributed by atoms with Crippen LogP contribution in [-0.2, 0) is 6.18 Å². The van der Waals surface area contributed by atoms with E-state index in [2.05, 4.69) is 10.1 Å². The van der Waals surface area contributed by atoms with Crippen LogP contribution >= 0.6 is 11.3 Å². The summed E-state index contributed by atoms with van der Waals surface area (Å²) in [6.07, 6.45) is -2.80. The molecule has 27 heavy (non-hydrogen) atoms. The molecule has 2 aromatic carbocycles. The Kier molecular flexibility index (Phi) is 5.60. The Morgan fingerprint density at radius 1 is 1.04 bits per heavy atom. The second kappa shape index (κ2) is 7.92. The summed E-state index contributed by atoms with van der Waals surface area (Å²) in [5, 5.41) is 6.45. The molecule has 0 saturated carbocycles. The van der Waals surface area contributed by atoms with Crippen molar-refractivity contribution in [2.75, 3.05) is 6.54 Å². The largest absolute Gasteiger partial charge is 0.416 e. The highest BCUT2D eigenvalue weighted by Gasteiger charge is 2.29. The molecule has 0 bridgehead atoms. The smallest absolute Gasteiger partial charge is 0.258 e. The summed E-state index contributed by atoms with van der Waals surface area (Å²) in [7, 11) is 0. The van der Waals surface area contributed by atoms with E-state index in [-0.39, 0.29) is 0 Å². The number of alkyl halides is 3. The zero-order valence-corrected chi connectivity index (χ0v) is 15.7. The Hall–Kier alpha value is -2.67. The molecule has 1 aromatic heterocycles. The molecule has 0 aliphatic heterocycles. The molecule has 0 fully saturated rings. The van der Waals surface area contributed by atoms with Crippen LogP contribution in [0.25, 0.3) is 11.3 Å². The number of nitrogens with zero attached hydrogens (tertiary/aromatic N) is 3. The van der Waals surface area contributed by atoms with E-state index in [1.165, 1.54) is 23.5 Å². The summed E-state index contributed by atoms with van der Waals surface area (Å²) in [6.45, 7) is 4.57. The van der Waals surface area contributed by atoms with Gasteiger partial charge in [-0.15, -0.1) is 11.3 Å². The van der Waals surface area contributed by atoms with Crippen LogP contribution < -0.4 is 4.80 Å². The molecule has 3 rings (SSSR count). The van der Waals surface area contributed by atoms with E-state index in [0.717, 1.165) is 33.8 Å². The van der Waals surface area contributed by atoms with Gasteiger partial charge in [0.05, 0.1) is 17.5 Å². The van der Waals surface area contributed by atoms with Gasteiger partial charge in [0.25, 0.3) is 0 Å². The lowest BCUT2D eigenvalue weighted by Crippen LogP contribution is -2.12. The Morgan fingerprint density at radius 3 is 2.30 bits per heavy atom. The number of thiazole rings is 1. The molecule has 0 aliphatic rings. The number of rotatable bonds is 4. The maximum Gasteiger partial charge on any atom is 0.416 e. The van der Waals surface area contributed by atoms with Crippen LogP contribution in [0.4, 0.5) is 13.2 Å². The third-order valence-corrected chi connectivity index (χ3v) is 4.74. The fourth-order valence-electron chi connectivity index (χ4n) is 2.46. The SMILES string of the molecule is CCN=c1scc(-c2ccc(C)cc2)n1/N=C/c1ccc(C(F)(F)F)cc1. The van der Waals surface area contributed by atoms with Crippen LogP contribution in [0.15, 0.2) is 64.0 Å². The zero-order valence-electron chi connectivity index (χ0n) is 14.9. The minimum Gasteiger partial charge on any atom is -0.258 e. The van der Waals surface area contributed by atoms with E-state index in [1.807, 2.05) is 43.5 Å². The van der Waals surface area contributed by atoms with Gasteiger partial charge in [0.1, 0.15) is 0 Å². The Balaban J connectivity index is 1.98. The summed E-state index contributed by atoms with van der Waals surface area (Å²) < 4.78 is 39.8. The van der Waals surface area contributed by atoms with Crippen molar-refractivity contribution < 1.29 is 13.2 Å². The first-order valence-electron chi connectivity index (χ1n) is 8.38. The fraction of sp³-hybridized carbons (Fsp3) is 0.200. The highest BCUT2D eigenvalue weighted by Crippen LogP contribution is 2.29. The monoisotopic (exact) mass is 389 g/mol. The average molecular weight is 389 g/mol. The van der Waals surface area contributed by atoms with Crippen LogP contribution in [0.5, 0.6) is 0 Å². The van der Waals surface area contributed by atoms with Gasteiger partial charge >= 0.3 is 6.18 Å². The van der Waals surface area contributed by atoms with Gasteiger partial charge in [0.15, 0.2) is 0 Å². The number of aryl methyl sites for hydroxylation is 1. The molecular formula is C20H18F3N3S. The molecule has 0 atom stereocenters. The summed E-state index contributed by atoms with van der Waals surface area (Å²) >= 11 is 1.47. The lowest BCUT2D eigenvalue weighted by molar-refractivity contribution is -0.137. The van der Waals surface area contributed by atoms with Gasteiger partial charge in [-0.1, -0.05) is 42.0 Å². The van der Waals surface area contributed by atoms with E-state index in [4.69, 9.17) is 0 Å². The minimum atomic E-state index is -4.34. The number of aromatic nitrogens is 1. The first-order valence-corrected chi connectivity index (χ1v) is 9.26. The zero-order chi connectivity index (χ0) is 19.4. The summed E-state index contributed by atoms with van der Waals surface area (Å²) in [6, 6.07) is 13.0. The topological polar surface area (TPSA) is 29.6 Å². The maximum atomic E-state index is 12.7. The highest BCUT2D eigenvalue weighted by molar-refractivity contribution is 7.07. The first-order chi connectivity index (χ1) is 12.9. The van der Waals surface area contributed by atoms with Gasteiger partial charge in [0, 0.05) is 17.5 Å². The van der Waals surface area contributed by atoms with E-state index in [1.54, 1.807) is 10.9 Å². The number of hydrogen-bond donors (Lipinski definition) is 0. The van der Waals surface area contributed by atoms with E-state index in [0.29, 0.717) is 12.1 Å². The lowest BCUT2D eigenvalue weighted by Gasteiger charge is -2.06. The van der Waals surface area contributed by atoms with Crippen LogP contribution in [0.3, 0.4) is 0 Å². The van der Waals surface area contributed by atoms with Crippen LogP contribution in [0, 0.1) is 6.92 Å². The van der Waals surface area contributed by atoms with Crippen molar-refractivity contribution in [1.29, 1.82) is 0 Å². The normalized spacial score (nSPS) is 12.9. The van der Waals surface area contributed by atoms with Crippen molar-refractivity contribution >= 4 is 17.6 Å². The molecule has 140 valence electrons. The second-order valence-corrected chi connectivity index (χ2v) is 6.76. The van der Waals surface area contributed by atoms with E-state index < -0.39 is 11.7 Å². The molecule has 0 radical (unpaired) electrons. The molecule has 0 spiro atoms. The molecule has 7 heteroatoms. The molecule has 0 saturated heterocycles. The van der Waals surface area contributed by atoms with Crippen molar-refractivity contribution in [2.24, 2.45) is 10.1 Å². The predicted molar refractivity (Wildman–Crippen MR) is 103 cm³/mol. The van der Waals surface area contributed by atoms with Gasteiger partial charge in [-0.3, -0.25) is 4.99 Å². The molecule has 0 amide bonds. The molecule has 0 N–H and O–H groups in total. The van der Waals surface area contributed by atoms with Crippen LogP contribution in [0.1, 0.15) is 23.6 Å². The summed E-state index contributed by atoms with van der Waals surface area (Å²) in [5.41, 5.74) is 2.95. The van der Waals surface area contributed by atoms with Crippen molar-refractivity contribution in [3.05, 3.63) is 75.4 Å². The minimum absolute atomic E-state index is 0.582. The third-order valence-electron chi connectivity index (χ3n) is 3.89. The van der Waals surface area contributed by atoms with Gasteiger partial charge in [-0.05, 0) is 31.5 Å². The summed E-state index contributed by atoms with van der Waals surface area (Å²) in [4.78, 5) is 5.18. The highest BCUT2D eigenvalue weighted by atomic mass is 32.1. The predicted octanol–water partition coefficient (Wildman–Crippen LogP) is 5.35. The molecule has 0 unspecified atom stereocenters. The maximum absolute atomic E-state index is 12.7. The van der Waals surface area contributed by atoms with E-state index >= 15 is 0 Å². The summed E-state index contributed by atoms with van der Waals surface area (Å²) in [5.74, 6) is 0. The standard InChI is InChI=1S/C20H18F3N3S/c1-3-24-19-26(18(13-27-19)16-8-4-14(2)5-9-16)25-12-15-6-10-17(11-7-15)20(21,22)23/h4-13H,3H2,1-2H3/b24-19?,25-12+. The van der Waals surface area contributed by atoms with Crippen LogP contribution in [0.2, 0.25) is 0 Å². The quantitative estimate of drug-likeness (QED) is 0.539. The van der Waals surface area contributed by atoms with Crippen molar-refractivity contribution in [2.45, 2.75) is 20.0 Å². The number of hydrogen-bond acceptors (Lipinski definition) is 3. The molecule has 3 nitrogen and oxygen atoms in total. The number of halogens is 3. The van der Waals surface area contributed by atoms with E-state index in [9.17, 15) is 13.2 Å². The molecule has 0 aliphatic carbocycles. The second-order valence-electron chi connectivity index (χ2n) is 5.92. The third kappa shape index (κ3) is 4.54. The Morgan fingerprint density at radius 2 is 1.70 bits per heavy atom. The van der Waals surface area contributed by atoms with Crippen molar-refractivity contribution in [1.82, 2.24) is 4.68 Å². The molecular weight excluding hydrogens is 371 g/mol. The van der Waals surface area contributed by atoms with Gasteiger partial charge in [0.2, 0.25) is 4.80 Å². The van der Waals surface area contributed by atoms with Gasteiger partial charge in [-0.2, -0.15) is 18.3 Å². The van der Waals surface area contributed by atoms with Crippen LogP contribution in [-0.4, -0.2) is 17.4 Å². The van der Waals surface area contributed by atoms with Crippen molar-refractivity contribution in [3.63, 3.8) is 0 Å². The average Bonchev–Trinajstić information content (AvgIpc) is 3.03. The Labute approximate surface area is 159 Å². The number of benzene rings is 2. The first kappa shape index (κ1) is 19.1. The van der Waals surface area contributed by atoms with Crippen molar-refractivity contribution in [3.8, 4) is 11.3 Å². The fourth-order valence-corrected chi connectivity index (χ4v) is 3.36. The molecule has 1 heterocycles. The van der Waals surface area contributed by atoms with Gasteiger partial charge < -0.3 is 0 Å². The molecule has 3 aromatic rings. The lowest BCUT2D eigenvalue weighted by atomic mass is 10.1.